The number of nitrogens with one attached hydrogen (secondary N) is 1. The fourth-order valence-corrected chi connectivity index (χ4v) is 1.61. The van der Waals surface area contributed by atoms with E-state index in [-0.39, 0.29) is 5.91 Å². The summed E-state index contributed by atoms with van der Waals surface area (Å²) in [5, 5.41) is 11.2. The first kappa shape index (κ1) is 13.6. The summed E-state index contributed by atoms with van der Waals surface area (Å²) in [7, 11) is 0. The summed E-state index contributed by atoms with van der Waals surface area (Å²) in [5.41, 5.74) is 1.82. The van der Waals surface area contributed by atoms with Crippen LogP contribution in [0.5, 0.6) is 0 Å². The van der Waals surface area contributed by atoms with Gasteiger partial charge in [-0.2, -0.15) is 0 Å². The average Bonchev–Trinajstić information content (AvgIpc) is 2.85. The fraction of sp³-hybridized carbons (Fsp3) is 0.0667. The van der Waals surface area contributed by atoms with Crippen molar-refractivity contribution in [2.75, 3.05) is 5.32 Å². The quantitative estimate of drug-likeness (QED) is 0.838. The Kier molecular flexibility index (Phi) is 4.00. The zero-order valence-corrected chi connectivity index (χ0v) is 10.8. The maximum atomic E-state index is 11.9. The fourth-order valence-electron chi connectivity index (χ4n) is 1.61. The number of anilines is 1. The number of carbonyl (C=O) groups excluding carboxylic acids is 1. The van der Waals surface area contributed by atoms with Crippen LogP contribution >= 0.6 is 0 Å². The Hall–Kier alpha value is -2.82. The minimum absolute atomic E-state index is 0.254. The largest absolute Gasteiger partial charge is 0.478 e. The van der Waals surface area contributed by atoms with Gasteiger partial charge in [-0.3, -0.25) is 4.79 Å². The van der Waals surface area contributed by atoms with E-state index in [0.717, 1.165) is 11.6 Å². The van der Waals surface area contributed by atoms with Crippen LogP contribution in [-0.4, -0.2) is 17.0 Å². The number of carboxylic acids is 1. The number of hydrogen-bond acceptors (Lipinski definition) is 3. The molecule has 0 fully saturated rings. The first-order chi connectivity index (χ1) is 9.54. The summed E-state index contributed by atoms with van der Waals surface area (Å²) in [5.74, 6) is -0.585. The van der Waals surface area contributed by atoms with E-state index >= 15 is 0 Å². The maximum Gasteiger partial charge on any atom is 0.328 e. The highest BCUT2D eigenvalue weighted by atomic mass is 16.4. The lowest BCUT2D eigenvalue weighted by Crippen LogP contribution is -2.10. The van der Waals surface area contributed by atoms with Crippen LogP contribution < -0.4 is 5.32 Å². The molecule has 0 aliphatic rings. The van der Waals surface area contributed by atoms with Crippen LogP contribution in [0.15, 0.2) is 47.1 Å². The van der Waals surface area contributed by atoms with Gasteiger partial charge in [-0.05, 0) is 36.8 Å². The standard InChI is InChI=1S/C15H13NO4/c1-10-8-12(9-20-10)15(19)16-13-5-2-11(3-6-13)4-7-14(17)18/h2-9H,1H3,(H,16,19)(H,17,18)/b7-4+. The third kappa shape index (κ3) is 3.58. The number of benzene rings is 1. The summed E-state index contributed by atoms with van der Waals surface area (Å²) in [6.45, 7) is 1.76. The second-order valence-electron chi connectivity index (χ2n) is 4.19. The molecule has 1 amide bonds. The number of hydrogen-bond donors (Lipinski definition) is 2. The highest BCUT2D eigenvalue weighted by Crippen LogP contribution is 2.13. The van der Waals surface area contributed by atoms with E-state index in [9.17, 15) is 9.59 Å². The number of aryl methyl sites for hydroxylation is 1. The second-order valence-corrected chi connectivity index (χ2v) is 4.19. The molecule has 0 spiro atoms. The summed E-state index contributed by atoms with van der Waals surface area (Å²) in [6, 6.07) is 8.49. The zero-order chi connectivity index (χ0) is 14.5. The Bertz CT molecular complexity index is 653. The van der Waals surface area contributed by atoms with E-state index in [4.69, 9.17) is 9.52 Å². The molecule has 0 unspecified atom stereocenters. The molecule has 0 atom stereocenters. The van der Waals surface area contributed by atoms with Crippen molar-refractivity contribution in [1.82, 2.24) is 0 Å². The van der Waals surface area contributed by atoms with Gasteiger partial charge < -0.3 is 14.8 Å². The molecule has 0 bridgehead atoms. The molecule has 0 radical (unpaired) electrons. The molecule has 5 nitrogen and oxygen atoms in total. The molecule has 0 aliphatic carbocycles. The second kappa shape index (κ2) is 5.88. The first-order valence-corrected chi connectivity index (χ1v) is 5.92. The van der Waals surface area contributed by atoms with Crippen LogP contribution in [0.25, 0.3) is 6.08 Å². The van der Waals surface area contributed by atoms with Gasteiger partial charge in [0.15, 0.2) is 0 Å². The summed E-state index contributed by atoms with van der Waals surface area (Å²) in [4.78, 5) is 22.3. The van der Waals surface area contributed by atoms with Crippen molar-refractivity contribution >= 4 is 23.6 Å². The van der Waals surface area contributed by atoms with Crippen LogP contribution in [0, 0.1) is 6.92 Å². The topological polar surface area (TPSA) is 79.5 Å². The van der Waals surface area contributed by atoms with Crippen molar-refractivity contribution in [1.29, 1.82) is 0 Å². The van der Waals surface area contributed by atoms with E-state index in [0.29, 0.717) is 17.0 Å². The van der Waals surface area contributed by atoms with Crippen LogP contribution in [0.4, 0.5) is 5.69 Å². The maximum absolute atomic E-state index is 11.9. The lowest BCUT2D eigenvalue weighted by Gasteiger charge is -2.03. The van der Waals surface area contributed by atoms with Gasteiger partial charge in [-0.1, -0.05) is 12.1 Å². The van der Waals surface area contributed by atoms with Crippen molar-refractivity contribution in [2.24, 2.45) is 0 Å². The van der Waals surface area contributed by atoms with E-state index in [1.54, 1.807) is 37.3 Å². The Morgan fingerprint density at radius 3 is 2.50 bits per heavy atom. The number of carbonyl (C=O) groups is 2. The van der Waals surface area contributed by atoms with Gasteiger partial charge in [0.1, 0.15) is 12.0 Å². The van der Waals surface area contributed by atoms with Gasteiger partial charge in [0.05, 0.1) is 5.56 Å². The molecule has 0 saturated heterocycles. The third-order valence-electron chi connectivity index (χ3n) is 2.58. The molecule has 2 N–H and O–H groups in total. The predicted molar refractivity (Wildman–Crippen MR) is 74.5 cm³/mol. The van der Waals surface area contributed by atoms with Crippen molar-refractivity contribution < 1.29 is 19.1 Å². The van der Waals surface area contributed by atoms with Gasteiger partial charge >= 0.3 is 5.97 Å². The highest BCUT2D eigenvalue weighted by Gasteiger charge is 2.08. The molecular weight excluding hydrogens is 258 g/mol. The van der Waals surface area contributed by atoms with Crippen molar-refractivity contribution in [3.63, 3.8) is 0 Å². The Morgan fingerprint density at radius 2 is 1.95 bits per heavy atom. The Balaban J connectivity index is 2.03. The smallest absolute Gasteiger partial charge is 0.328 e. The number of rotatable bonds is 4. The Morgan fingerprint density at radius 1 is 1.25 bits per heavy atom. The van der Waals surface area contributed by atoms with Crippen LogP contribution in [0.1, 0.15) is 21.7 Å². The lowest BCUT2D eigenvalue weighted by atomic mass is 10.2. The van der Waals surface area contributed by atoms with Crippen molar-refractivity contribution in [3.8, 4) is 0 Å². The lowest BCUT2D eigenvalue weighted by molar-refractivity contribution is -0.131. The minimum atomic E-state index is -1.00. The van der Waals surface area contributed by atoms with Gasteiger partial charge in [-0.15, -0.1) is 0 Å². The molecular formula is C15H13NO4. The number of aliphatic carboxylic acids is 1. The normalized spacial score (nSPS) is 10.7. The SMILES string of the molecule is Cc1cc(C(=O)Nc2ccc(/C=C/C(=O)O)cc2)co1. The minimum Gasteiger partial charge on any atom is -0.478 e. The van der Waals surface area contributed by atoms with Gasteiger partial charge in [0.2, 0.25) is 0 Å². The highest BCUT2D eigenvalue weighted by molar-refractivity contribution is 6.04. The van der Waals surface area contributed by atoms with E-state index < -0.39 is 5.97 Å². The molecule has 1 aromatic carbocycles. The van der Waals surface area contributed by atoms with Crippen molar-refractivity contribution in [3.05, 3.63) is 59.6 Å². The molecule has 1 heterocycles. The predicted octanol–water partition coefficient (Wildman–Crippen LogP) is 2.94. The monoisotopic (exact) mass is 271 g/mol. The van der Waals surface area contributed by atoms with E-state index in [2.05, 4.69) is 5.32 Å². The van der Waals surface area contributed by atoms with E-state index in [1.807, 2.05) is 0 Å². The molecule has 5 heteroatoms. The van der Waals surface area contributed by atoms with Crippen LogP contribution in [0.2, 0.25) is 0 Å². The molecule has 2 rings (SSSR count). The van der Waals surface area contributed by atoms with Gasteiger partial charge in [-0.25, -0.2) is 4.79 Å². The van der Waals surface area contributed by atoms with Crippen molar-refractivity contribution in [2.45, 2.75) is 6.92 Å². The summed E-state index contributed by atoms with van der Waals surface area (Å²) >= 11 is 0. The molecule has 0 aliphatic heterocycles. The van der Waals surface area contributed by atoms with E-state index in [1.165, 1.54) is 12.3 Å². The molecule has 102 valence electrons. The van der Waals surface area contributed by atoms with Crippen LogP contribution in [0.3, 0.4) is 0 Å². The average molecular weight is 271 g/mol. The number of furan rings is 1. The number of carboxylic acid groups (broad SMARTS) is 1. The molecule has 0 saturated carbocycles. The molecule has 2 aromatic rings. The summed E-state index contributed by atoms with van der Waals surface area (Å²) < 4.78 is 5.07. The zero-order valence-electron chi connectivity index (χ0n) is 10.8. The third-order valence-corrected chi connectivity index (χ3v) is 2.58. The van der Waals surface area contributed by atoms with Crippen LogP contribution in [-0.2, 0) is 4.79 Å². The first-order valence-electron chi connectivity index (χ1n) is 5.92. The van der Waals surface area contributed by atoms with Gasteiger partial charge in [0.25, 0.3) is 5.91 Å². The number of amides is 1. The summed E-state index contributed by atoms with van der Waals surface area (Å²) in [6.07, 6.45) is 3.93. The Labute approximate surface area is 115 Å². The molecule has 1 aromatic heterocycles. The van der Waals surface area contributed by atoms with Gasteiger partial charge in [0, 0.05) is 11.8 Å². The molecule has 20 heavy (non-hydrogen) atoms.